The monoisotopic (exact) mass is 422 g/mol. The van der Waals surface area contributed by atoms with Crippen molar-refractivity contribution in [1.82, 2.24) is 15.0 Å². The SMILES string of the molecule is Cl.N#Cc1ccnc(Nc2cc(C3CC3)cc(-c3ccc(NCCCO)nc3)n2)c1. The Morgan fingerprint density at radius 1 is 1.07 bits per heavy atom. The molecule has 3 aromatic heterocycles. The van der Waals surface area contributed by atoms with Gasteiger partial charge in [0, 0.05) is 31.1 Å². The fourth-order valence-corrected chi connectivity index (χ4v) is 3.06. The molecule has 4 rings (SSSR count). The van der Waals surface area contributed by atoms with Crippen molar-refractivity contribution in [2.45, 2.75) is 25.2 Å². The smallest absolute Gasteiger partial charge is 0.132 e. The van der Waals surface area contributed by atoms with Gasteiger partial charge in [0.15, 0.2) is 0 Å². The van der Waals surface area contributed by atoms with E-state index in [1.807, 2.05) is 12.1 Å². The van der Waals surface area contributed by atoms with Crippen molar-refractivity contribution in [2.24, 2.45) is 0 Å². The molecule has 0 aliphatic heterocycles. The number of hydrogen-bond acceptors (Lipinski definition) is 7. The molecule has 3 heterocycles. The first-order chi connectivity index (χ1) is 14.2. The molecule has 0 bridgehead atoms. The van der Waals surface area contributed by atoms with Crippen LogP contribution in [0, 0.1) is 11.3 Å². The number of nitrogens with one attached hydrogen (secondary N) is 2. The largest absolute Gasteiger partial charge is 0.396 e. The van der Waals surface area contributed by atoms with Gasteiger partial charge in [0.25, 0.3) is 0 Å². The summed E-state index contributed by atoms with van der Waals surface area (Å²) in [6.07, 6.45) is 6.48. The summed E-state index contributed by atoms with van der Waals surface area (Å²) in [6.45, 7) is 0.839. The van der Waals surface area contributed by atoms with Crippen molar-refractivity contribution in [1.29, 1.82) is 5.26 Å². The number of anilines is 3. The summed E-state index contributed by atoms with van der Waals surface area (Å²) in [5, 5.41) is 24.4. The number of hydrogen-bond donors (Lipinski definition) is 3. The highest BCUT2D eigenvalue weighted by Crippen LogP contribution is 2.42. The van der Waals surface area contributed by atoms with Crippen molar-refractivity contribution in [3.8, 4) is 17.3 Å². The molecule has 0 amide bonds. The number of halogens is 1. The Hall–Kier alpha value is -3.21. The zero-order chi connectivity index (χ0) is 20.1. The van der Waals surface area contributed by atoms with Gasteiger partial charge in [-0.2, -0.15) is 5.26 Å². The maximum absolute atomic E-state index is 9.09. The zero-order valence-electron chi connectivity index (χ0n) is 16.4. The van der Waals surface area contributed by atoms with Crippen LogP contribution in [-0.2, 0) is 0 Å². The Morgan fingerprint density at radius 3 is 2.63 bits per heavy atom. The molecule has 8 heteroatoms. The number of aliphatic hydroxyl groups excluding tert-OH is 1. The van der Waals surface area contributed by atoms with E-state index < -0.39 is 0 Å². The van der Waals surface area contributed by atoms with Gasteiger partial charge in [-0.3, -0.25) is 0 Å². The van der Waals surface area contributed by atoms with Gasteiger partial charge in [-0.05, 0) is 67.1 Å². The zero-order valence-corrected chi connectivity index (χ0v) is 17.2. The highest BCUT2D eigenvalue weighted by molar-refractivity contribution is 5.85. The van der Waals surface area contributed by atoms with E-state index in [-0.39, 0.29) is 19.0 Å². The summed E-state index contributed by atoms with van der Waals surface area (Å²) < 4.78 is 0. The molecule has 154 valence electrons. The quantitative estimate of drug-likeness (QED) is 0.466. The topological polar surface area (TPSA) is 107 Å². The first-order valence-corrected chi connectivity index (χ1v) is 9.71. The number of pyridine rings is 3. The Morgan fingerprint density at radius 2 is 1.93 bits per heavy atom. The number of nitriles is 1. The first kappa shape index (κ1) is 21.5. The molecule has 0 aromatic carbocycles. The molecular formula is C22H23ClN6O. The van der Waals surface area contributed by atoms with E-state index >= 15 is 0 Å². The number of aromatic nitrogens is 3. The van der Waals surface area contributed by atoms with Crippen LogP contribution in [0.1, 0.15) is 36.3 Å². The molecule has 1 saturated carbocycles. The fraction of sp³-hybridized carbons (Fsp3) is 0.273. The Bertz CT molecular complexity index is 1030. The maximum Gasteiger partial charge on any atom is 0.132 e. The number of aliphatic hydroxyl groups is 1. The lowest BCUT2D eigenvalue weighted by molar-refractivity contribution is 0.292. The van der Waals surface area contributed by atoms with Gasteiger partial charge in [0.2, 0.25) is 0 Å². The van der Waals surface area contributed by atoms with Crippen molar-refractivity contribution in [3.05, 3.63) is 59.9 Å². The van der Waals surface area contributed by atoms with Crippen LogP contribution in [-0.4, -0.2) is 33.2 Å². The number of rotatable bonds is 8. The minimum Gasteiger partial charge on any atom is -0.396 e. The first-order valence-electron chi connectivity index (χ1n) is 9.71. The Balaban J connectivity index is 0.00000256. The van der Waals surface area contributed by atoms with Crippen LogP contribution in [0.5, 0.6) is 0 Å². The van der Waals surface area contributed by atoms with E-state index in [1.165, 1.54) is 18.4 Å². The van der Waals surface area contributed by atoms with Crippen LogP contribution in [0.15, 0.2) is 48.8 Å². The van der Waals surface area contributed by atoms with Gasteiger partial charge in [-0.1, -0.05) is 0 Å². The average Bonchev–Trinajstić information content (AvgIpc) is 3.60. The maximum atomic E-state index is 9.09. The molecule has 1 aliphatic carbocycles. The minimum absolute atomic E-state index is 0. The summed E-state index contributed by atoms with van der Waals surface area (Å²) in [5.41, 5.74) is 3.58. The van der Waals surface area contributed by atoms with Crippen LogP contribution in [0.4, 0.5) is 17.5 Å². The van der Waals surface area contributed by atoms with Crippen LogP contribution in [0.2, 0.25) is 0 Å². The van der Waals surface area contributed by atoms with Crippen LogP contribution >= 0.6 is 12.4 Å². The van der Waals surface area contributed by atoms with Gasteiger partial charge in [-0.15, -0.1) is 12.4 Å². The summed E-state index contributed by atoms with van der Waals surface area (Å²) in [5.74, 6) is 2.65. The third-order valence-electron chi connectivity index (χ3n) is 4.74. The lowest BCUT2D eigenvalue weighted by atomic mass is 10.1. The van der Waals surface area contributed by atoms with E-state index in [0.717, 1.165) is 17.1 Å². The predicted octanol–water partition coefficient (Wildman–Crippen LogP) is 4.25. The van der Waals surface area contributed by atoms with Gasteiger partial charge in [0.1, 0.15) is 17.5 Å². The normalized spacial score (nSPS) is 12.5. The molecule has 0 saturated heterocycles. The van der Waals surface area contributed by atoms with Crippen LogP contribution in [0.3, 0.4) is 0 Å². The average molecular weight is 423 g/mol. The molecule has 7 nitrogen and oxygen atoms in total. The molecule has 3 N–H and O–H groups in total. The van der Waals surface area contributed by atoms with Crippen molar-refractivity contribution in [2.75, 3.05) is 23.8 Å². The van der Waals surface area contributed by atoms with E-state index in [1.54, 1.807) is 24.5 Å². The molecule has 3 aromatic rings. The second-order valence-corrected chi connectivity index (χ2v) is 7.05. The molecule has 30 heavy (non-hydrogen) atoms. The summed E-state index contributed by atoms with van der Waals surface area (Å²) in [4.78, 5) is 13.5. The second kappa shape index (κ2) is 10.0. The van der Waals surface area contributed by atoms with Gasteiger partial charge >= 0.3 is 0 Å². The Kier molecular flexibility index (Phi) is 7.17. The predicted molar refractivity (Wildman–Crippen MR) is 119 cm³/mol. The van der Waals surface area contributed by atoms with Crippen molar-refractivity contribution in [3.63, 3.8) is 0 Å². The van der Waals surface area contributed by atoms with Crippen LogP contribution in [0.25, 0.3) is 11.3 Å². The van der Waals surface area contributed by atoms with Gasteiger partial charge in [-0.25, -0.2) is 15.0 Å². The van der Waals surface area contributed by atoms with Gasteiger partial charge in [0.05, 0.1) is 17.3 Å². The molecule has 0 atom stereocenters. The highest BCUT2D eigenvalue weighted by Gasteiger charge is 2.25. The van der Waals surface area contributed by atoms with E-state index in [2.05, 4.69) is 38.8 Å². The summed E-state index contributed by atoms with van der Waals surface area (Å²) in [7, 11) is 0. The van der Waals surface area contributed by atoms with E-state index in [4.69, 9.17) is 15.4 Å². The standard InChI is InChI=1S/C22H22N6O.ClH/c23-13-15-6-8-25-21(10-15)28-22-12-18(16-2-3-16)11-19(27-22)17-4-5-20(26-14-17)24-7-1-9-29;/h4-6,8,10-12,14,16,29H,1-3,7,9H2,(H,24,26)(H,25,27,28);1H. The van der Waals surface area contributed by atoms with E-state index in [9.17, 15) is 0 Å². The third kappa shape index (κ3) is 5.44. The molecular weight excluding hydrogens is 400 g/mol. The van der Waals surface area contributed by atoms with E-state index in [0.29, 0.717) is 36.1 Å². The molecule has 1 aliphatic rings. The second-order valence-electron chi connectivity index (χ2n) is 7.05. The Labute approximate surface area is 181 Å². The summed E-state index contributed by atoms with van der Waals surface area (Å²) in [6, 6.07) is 13.6. The minimum atomic E-state index is 0. The van der Waals surface area contributed by atoms with Crippen LogP contribution < -0.4 is 10.6 Å². The fourth-order valence-electron chi connectivity index (χ4n) is 3.06. The van der Waals surface area contributed by atoms with Crippen molar-refractivity contribution < 1.29 is 5.11 Å². The molecule has 0 spiro atoms. The molecule has 1 fully saturated rings. The third-order valence-corrected chi connectivity index (χ3v) is 4.74. The molecule has 0 radical (unpaired) electrons. The van der Waals surface area contributed by atoms with Crippen molar-refractivity contribution >= 4 is 29.9 Å². The van der Waals surface area contributed by atoms with Gasteiger partial charge < -0.3 is 15.7 Å². The summed E-state index contributed by atoms with van der Waals surface area (Å²) >= 11 is 0. The number of nitrogens with zero attached hydrogens (tertiary/aromatic N) is 4. The lowest BCUT2D eigenvalue weighted by Crippen LogP contribution is -2.04. The lowest BCUT2D eigenvalue weighted by Gasteiger charge is -2.11. The molecule has 0 unspecified atom stereocenters. The highest BCUT2D eigenvalue weighted by atomic mass is 35.5.